The molecule has 1 aromatic carbocycles. The fourth-order valence-corrected chi connectivity index (χ4v) is 1.93. The molecule has 0 saturated heterocycles. The Morgan fingerprint density at radius 1 is 1.32 bits per heavy atom. The zero-order valence-corrected chi connectivity index (χ0v) is 11.6. The predicted octanol–water partition coefficient (Wildman–Crippen LogP) is 3.55. The number of aromatic nitrogens is 1. The Labute approximate surface area is 117 Å². The summed E-state index contributed by atoms with van der Waals surface area (Å²) in [6.07, 6.45) is 3.45. The van der Waals surface area contributed by atoms with Crippen LogP contribution in [0.15, 0.2) is 36.7 Å². The van der Waals surface area contributed by atoms with Gasteiger partial charge < -0.3 is 10.2 Å². The average Bonchev–Trinajstić information content (AvgIpc) is 2.38. The highest BCUT2D eigenvalue weighted by Gasteiger charge is 2.06. The molecular formula is C14H15ClFN3. The van der Waals surface area contributed by atoms with Crippen molar-refractivity contribution in [2.24, 2.45) is 0 Å². The van der Waals surface area contributed by atoms with Crippen molar-refractivity contribution in [2.45, 2.75) is 6.54 Å². The van der Waals surface area contributed by atoms with Crippen LogP contribution in [0.5, 0.6) is 0 Å². The maximum absolute atomic E-state index is 13.7. The predicted molar refractivity (Wildman–Crippen MR) is 77.3 cm³/mol. The molecule has 0 amide bonds. The average molecular weight is 280 g/mol. The van der Waals surface area contributed by atoms with E-state index in [0.29, 0.717) is 17.1 Å². The standard InChI is InChI=1S/C14H15ClFN3/c1-19(2)14-5-6-17-9-13(14)18-8-10-3-4-11(15)7-12(10)16/h3-7,9,18H,8H2,1-2H3. The molecule has 0 atom stereocenters. The zero-order chi connectivity index (χ0) is 13.8. The lowest BCUT2D eigenvalue weighted by atomic mass is 10.2. The second kappa shape index (κ2) is 5.89. The van der Waals surface area contributed by atoms with Crippen molar-refractivity contribution >= 4 is 23.0 Å². The number of nitrogens with one attached hydrogen (secondary N) is 1. The van der Waals surface area contributed by atoms with Crippen molar-refractivity contribution in [1.82, 2.24) is 4.98 Å². The van der Waals surface area contributed by atoms with Gasteiger partial charge in [0.15, 0.2) is 0 Å². The number of benzene rings is 1. The van der Waals surface area contributed by atoms with Crippen molar-refractivity contribution in [3.8, 4) is 0 Å². The lowest BCUT2D eigenvalue weighted by Gasteiger charge is -2.18. The van der Waals surface area contributed by atoms with Gasteiger partial charge in [-0.15, -0.1) is 0 Å². The molecule has 100 valence electrons. The first kappa shape index (κ1) is 13.6. The molecule has 1 aromatic heterocycles. The van der Waals surface area contributed by atoms with Gasteiger partial charge in [-0.05, 0) is 18.2 Å². The quantitative estimate of drug-likeness (QED) is 0.928. The summed E-state index contributed by atoms with van der Waals surface area (Å²) in [5, 5.41) is 3.58. The van der Waals surface area contributed by atoms with Crippen LogP contribution in [0.4, 0.5) is 15.8 Å². The lowest BCUT2D eigenvalue weighted by Crippen LogP contribution is -2.12. The maximum atomic E-state index is 13.7. The number of anilines is 2. The Bertz CT molecular complexity index is 572. The smallest absolute Gasteiger partial charge is 0.129 e. The first-order valence-electron chi connectivity index (χ1n) is 5.87. The molecule has 0 spiro atoms. The van der Waals surface area contributed by atoms with E-state index in [4.69, 9.17) is 11.6 Å². The molecule has 0 aliphatic carbocycles. The molecule has 0 fully saturated rings. The highest BCUT2D eigenvalue weighted by molar-refractivity contribution is 6.30. The Morgan fingerprint density at radius 2 is 2.11 bits per heavy atom. The molecule has 1 heterocycles. The largest absolute Gasteiger partial charge is 0.378 e. The molecular weight excluding hydrogens is 265 g/mol. The van der Waals surface area contributed by atoms with Crippen LogP contribution in [0, 0.1) is 5.82 Å². The molecule has 5 heteroatoms. The summed E-state index contributed by atoms with van der Waals surface area (Å²) in [6.45, 7) is 0.384. The van der Waals surface area contributed by atoms with Gasteiger partial charge in [0, 0.05) is 37.4 Å². The summed E-state index contributed by atoms with van der Waals surface area (Å²) < 4.78 is 13.7. The van der Waals surface area contributed by atoms with E-state index in [1.807, 2.05) is 25.1 Å². The van der Waals surface area contributed by atoms with E-state index < -0.39 is 0 Å². The number of rotatable bonds is 4. The minimum Gasteiger partial charge on any atom is -0.378 e. The third kappa shape index (κ3) is 3.35. The molecule has 2 rings (SSSR count). The fraction of sp³-hybridized carbons (Fsp3) is 0.214. The molecule has 0 radical (unpaired) electrons. The maximum Gasteiger partial charge on any atom is 0.129 e. The Morgan fingerprint density at radius 3 is 2.79 bits per heavy atom. The van der Waals surface area contributed by atoms with Gasteiger partial charge >= 0.3 is 0 Å². The van der Waals surface area contributed by atoms with Crippen LogP contribution in [-0.2, 0) is 6.54 Å². The van der Waals surface area contributed by atoms with Crippen LogP contribution in [0.2, 0.25) is 5.02 Å². The van der Waals surface area contributed by atoms with Crippen LogP contribution >= 0.6 is 11.6 Å². The van der Waals surface area contributed by atoms with E-state index in [9.17, 15) is 4.39 Å². The van der Waals surface area contributed by atoms with Crippen LogP contribution in [-0.4, -0.2) is 19.1 Å². The fourth-order valence-electron chi connectivity index (χ4n) is 1.77. The second-order valence-electron chi connectivity index (χ2n) is 4.38. The number of nitrogens with zero attached hydrogens (tertiary/aromatic N) is 2. The zero-order valence-electron chi connectivity index (χ0n) is 10.8. The molecule has 0 bridgehead atoms. The highest BCUT2D eigenvalue weighted by atomic mass is 35.5. The molecule has 0 aliphatic heterocycles. The van der Waals surface area contributed by atoms with Crippen molar-refractivity contribution in [3.63, 3.8) is 0 Å². The Kier molecular flexibility index (Phi) is 4.22. The minimum atomic E-state index is -0.310. The van der Waals surface area contributed by atoms with Crippen molar-refractivity contribution in [2.75, 3.05) is 24.3 Å². The molecule has 0 saturated carbocycles. The Balaban J connectivity index is 2.14. The van der Waals surface area contributed by atoms with Gasteiger partial charge in [0.25, 0.3) is 0 Å². The molecule has 1 N–H and O–H groups in total. The Hall–Kier alpha value is -1.81. The van der Waals surface area contributed by atoms with E-state index in [1.165, 1.54) is 6.07 Å². The third-order valence-electron chi connectivity index (χ3n) is 2.76. The minimum absolute atomic E-state index is 0.310. The third-order valence-corrected chi connectivity index (χ3v) is 3.00. The van der Waals surface area contributed by atoms with Crippen LogP contribution < -0.4 is 10.2 Å². The van der Waals surface area contributed by atoms with E-state index in [-0.39, 0.29) is 5.82 Å². The van der Waals surface area contributed by atoms with E-state index >= 15 is 0 Å². The summed E-state index contributed by atoms with van der Waals surface area (Å²) in [4.78, 5) is 6.05. The molecule has 0 unspecified atom stereocenters. The summed E-state index contributed by atoms with van der Waals surface area (Å²) in [5.74, 6) is -0.310. The van der Waals surface area contributed by atoms with Crippen molar-refractivity contribution < 1.29 is 4.39 Å². The van der Waals surface area contributed by atoms with Gasteiger partial charge in [-0.1, -0.05) is 17.7 Å². The normalized spacial score (nSPS) is 10.3. The molecule has 3 nitrogen and oxygen atoms in total. The number of hydrogen-bond donors (Lipinski definition) is 1. The van der Waals surface area contributed by atoms with Gasteiger partial charge in [-0.3, -0.25) is 4.98 Å². The molecule has 19 heavy (non-hydrogen) atoms. The summed E-state index contributed by atoms with van der Waals surface area (Å²) in [7, 11) is 3.90. The number of halogens is 2. The van der Waals surface area contributed by atoms with Gasteiger partial charge in [-0.25, -0.2) is 4.39 Å². The highest BCUT2D eigenvalue weighted by Crippen LogP contribution is 2.23. The van der Waals surface area contributed by atoms with Crippen LogP contribution in [0.3, 0.4) is 0 Å². The number of pyridine rings is 1. The van der Waals surface area contributed by atoms with Gasteiger partial charge in [0.05, 0.1) is 17.6 Å². The lowest BCUT2D eigenvalue weighted by molar-refractivity contribution is 0.613. The summed E-state index contributed by atoms with van der Waals surface area (Å²) in [5.41, 5.74) is 2.43. The van der Waals surface area contributed by atoms with Crippen molar-refractivity contribution in [1.29, 1.82) is 0 Å². The molecule has 2 aromatic rings. The second-order valence-corrected chi connectivity index (χ2v) is 4.81. The van der Waals surface area contributed by atoms with Gasteiger partial charge in [0.2, 0.25) is 0 Å². The SMILES string of the molecule is CN(C)c1ccncc1NCc1ccc(Cl)cc1F. The molecule has 0 aliphatic rings. The van der Waals surface area contributed by atoms with E-state index in [1.54, 1.807) is 24.5 Å². The monoisotopic (exact) mass is 279 g/mol. The summed E-state index contributed by atoms with van der Waals surface area (Å²) >= 11 is 5.72. The van der Waals surface area contributed by atoms with Crippen LogP contribution in [0.1, 0.15) is 5.56 Å². The first-order chi connectivity index (χ1) is 9.08. The topological polar surface area (TPSA) is 28.2 Å². The van der Waals surface area contributed by atoms with Crippen molar-refractivity contribution in [3.05, 3.63) is 53.1 Å². The van der Waals surface area contributed by atoms with E-state index in [2.05, 4.69) is 10.3 Å². The van der Waals surface area contributed by atoms with Gasteiger partial charge in [-0.2, -0.15) is 0 Å². The number of hydrogen-bond acceptors (Lipinski definition) is 3. The van der Waals surface area contributed by atoms with Crippen LogP contribution in [0.25, 0.3) is 0 Å². The summed E-state index contributed by atoms with van der Waals surface area (Å²) in [6, 6.07) is 6.57. The first-order valence-corrected chi connectivity index (χ1v) is 6.25. The van der Waals surface area contributed by atoms with E-state index in [0.717, 1.165) is 11.4 Å². The van der Waals surface area contributed by atoms with Gasteiger partial charge in [0.1, 0.15) is 5.82 Å².